The molecule has 122 valence electrons. The second-order valence-electron chi connectivity index (χ2n) is 5.43. The van der Waals surface area contributed by atoms with Crippen molar-refractivity contribution in [2.45, 2.75) is 24.8 Å². The molecule has 2 aromatic carbocycles. The van der Waals surface area contributed by atoms with Crippen molar-refractivity contribution >= 4 is 21.6 Å². The molecular formula is C17H20N2O3S. The molecule has 23 heavy (non-hydrogen) atoms. The summed E-state index contributed by atoms with van der Waals surface area (Å²) >= 11 is 0. The highest BCUT2D eigenvalue weighted by Gasteiger charge is 2.24. The lowest BCUT2D eigenvalue weighted by atomic mass is 10.1. The van der Waals surface area contributed by atoms with E-state index in [2.05, 4.69) is 5.32 Å². The van der Waals surface area contributed by atoms with E-state index in [1.807, 2.05) is 13.8 Å². The van der Waals surface area contributed by atoms with E-state index in [0.29, 0.717) is 11.3 Å². The van der Waals surface area contributed by atoms with Crippen LogP contribution in [0.15, 0.2) is 59.5 Å². The van der Waals surface area contributed by atoms with Gasteiger partial charge in [-0.1, -0.05) is 30.3 Å². The number of hydrogen-bond acceptors (Lipinski definition) is 3. The molecule has 0 fully saturated rings. The minimum atomic E-state index is -3.72. The molecule has 0 radical (unpaired) electrons. The highest BCUT2D eigenvalue weighted by molar-refractivity contribution is 7.92. The molecule has 0 heterocycles. The summed E-state index contributed by atoms with van der Waals surface area (Å²) < 4.78 is 26.6. The van der Waals surface area contributed by atoms with Gasteiger partial charge in [0.1, 0.15) is 0 Å². The quantitative estimate of drug-likeness (QED) is 0.915. The molecule has 1 N–H and O–H groups in total. The fraction of sp³-hybridized carbons (Fsp3) is 0.235. The summed E-state index contributed by atoms with van der Waals surface area (Å²) in [4.78, 5) is 12.5. The van der Waals surface area contributed by atoms with Crippen LogP contribution >= 0.6 is 0 Å². The van der Waals surface area contributed by atoms with Crippen LogP contribution in [0.5, 0.6) is 0 Å². The maximum absolute atomic E-state index is 12.7. The van der Waals surface area contributed by atoms with Crippen molar-refractivity contribution in [2.24, 2.45) is 0 Å². The minimum absolute atomic E-state index is 0.0356. The number of sulfonamides is 1. The first-order valence-corrected chi connectivity index (χ1v) is 8.72. The Labute approximate surface area is 137 Å². The van der Waals surface area contributed by atoms with Crippen LogP contribution in [0.1, 0.15) is 24.2 Å². The standard InChI is InChI=1S/C17H20N2O3S/c1-13(2)18-17(20)15-11-7-8-12-16(15)19(3)23(21,22)14-9-5-4-6-10-14/h4-13H,1-3H3,(H,18,20). The monoisotopic (exact) mass is 332 g/mol. The van der Waals surface area contributed by atoms with Gasteiger partial charge in [0.05, 0.1) is 16.1 Å². The van der Waals surface area contributed by atoms with E-state index in [0.717, 1.165) is 4.31 Å². The van der Waals surface area contributed by atoms with Crippen LogP contribution in [0.3, 0.4) is 0 Å². The number of carbonyl (C=O) groups is 1. The number of nitrogens with one attached hydrogen (secondary N) is 1. The van der Waals surface area contributed by atoms with Gasteiger partial charge in [-0.15, -0.1) is 0 Å². The first-order valence-electron chi connectivity index (χ1n) is 7.28. The van der Waals surface area contributed by atoms with Crippen molar-refractivity contribution in [1.82, 2.24) is 5.32 Å². The van der Waals surface area contributed by atoms with Crippen molar-refractivity contribution in [3.8, 4) is 0 Å². The number of carbonyl (C=O) groups excluding carboxylic acids is 1. The molecule has 0 saturated carbocycles. The van der Waals surface area contributed by atoms with E-state index in [1.165, 1.54) is 19.2 Å². The van der Waals surface area contributed by atoms with Crippen LogP contribution in [-0.4, -0.2) is 27.4 Å². The Morgan fingerprint density at radius 2 is 1.57 bits per heavy atom. The molecule has 0 saturated heterocycles. The van der Waals surface area contributed by atoms with Gasteiger partial charge in [0.25, 0.3) is 15.9 Å². The van der Waals surface area contributed by atoms with Crippen LogP contribution < -0.4 is 9.62 Å². The predicted molar refractivity (Wildman–Crippen MR) is 91.1 cm³/mol. The largest absolute Gasteiger partial charge is 0.350 e. The molecule has 2 aromatic rings. The van der Waals surface area contributed by atoms with E-state index >= 15 is 0 Å². The molecule has 0 atom stereocenters. The molecule has 0 aliphatic rings. The lowest BCUT2D eigenvalue weighted by molar-refractivity contribution is 0.0944. The molecule has 5 nitrogen and oxygen atoms in total. The van der Waals surface area contributed by atoms with E-state index in [4.69, 9.17) is 0 Å². The molecule has 0 bridgehead atoms. The summed E-state index contributed by atoms with van der Waals surface area (Å²) in [6.45, 7) is 3.70. The highest BCUT2D eigenvalue weighted by Crippen LogP contribution is 2.25. The number of nitrogens with zero attached hydrogens (tertiary/aromatic N) is 1. The average Bonchev–Trinajstić information content (AvgIpc) is 2.54. The van der Waals surface area contributed by atoms with Gasteiger partial charge in [-0.2, -0.15) is 0 Å². The maximum Gasteiger partial charge on any atom is 0.264 e. The fourth-order valence-corrected chi connectivity index (χ4v) is 3.40. The summed E-state index contributed by atoms with van der Waals surface area (Å²) in [7, 11) is -2.27. The number of amides is 1. The number of hydrogen-bond donors (Lipinski definition) is 1. The molecule has 1 amide bonds. The maximum atomic E-state index is 12.7. The third kappa shape index (κ3) is 3.71. The van der Waals surface area contributed by atoms with Crippen LogP contribution in [0.2, 0.25) is 0 Å². The number of rotatable bonds is 5. The molecule has 2 rings (SSSR count). The minimum Gasteiger partial charge on any atom is -0.350 e. The zero-order valence-corrected chi connectivity index (χ0v) is 14.2. The molecule has 6 heteroatoms. The Morgan fingerprint density at radius 3 is 2.17 bits per heavy atom. The molecule has 0 aromatic heterocycles. The Morgan fingerprint density at radius 1 is 1.00 bits per heavy atom. The Bertz CT molecular complexity index is 786. The number of anilines is 1. The lowest BCUT2D eigenvalue weighted by Gasteiger charge is -2.22. The third-order valence-corrected chi connectivity index (χ3v) is 5.09. The van der Waals surface area contributed by atoms with Crippen molar-refractivity contribution in [2.75, 3.05) is 11.4 Å². The van der Waals surface area contributed by atoms with E-state index in [9.17, 15) is 13.2 Å². The summed E-state index contributed by atoms with van der Waals surface area (Å²) in [5.74, 6) is -0.300. The van der Waals surface area contributed by atoms with Crippen LogP contribution in [0.4, 0.5) is 5.69 Å². The topological polar surface area (TPSA) is 66.5 Å². The first-order chi connectivity index (χ1) is 10.8. The normalized spacial score (nSPS) is 11.3. The van der Waals surface area contributed by atoms with Gasteiger partial charge in [0.15, 0.2) is 0 Å². The van der Waals surface area contributed by atoms with Gasteiger partial charge >= 0.3 is 0 Å². The zero-order chi connectivity index (χ0) is 17.0. The van der Waals surface area contributed by atoms with E-state index in [-0.39, 0.29) is 16.8 Å². The molecule has 0 spiro atoms. The van der Waals surface area contributed by atoms with Gasteiger partial charge in [0.2, 0.25) is 0 Å². The second-order valence-corrected chi connectivity index (χ2v) is 7.40. The first kappa shape index (κ1) is 17.0. The van der Waals surface area contributed by atoms with E-state index in [1.54, 1.807) is 42.5 Å². The smallest absolute Gasteiger partial charge is 0.264 e. The van der Waals surface area contributed by atoms with Gasteiger partial charge in [-0.3, -0.25) is 9.10 Å². The lowest BCUT2D eigenvalue weighted by Crippen LogP contribution is -2.33. The van der Waals surface area contributed by atoms with Crippen LogP contribution in [0, 0.1) is 0 Å². The summed E-state index contributed by atoms with van der Waals surface area (Å²) in [6, 6.07) is 14.8. The third-order valence-electron chi connectivity index (χ3n) is 3.31. The highest BCUT2D eigenvalue weighted by atomic mass is 32.2. The summed E-state index contributed by atoms with van der Waals surface area (Å²) in [6.07, 6.45) is 0. The van der Waals surface area contributed by atoms with Crippen LogP contribution in [0.25, 0.3) is 0 Å². The van der Waals surface area contributed by atoms with Crippen molar-refractivity contribution in [3.63, 3.8) is 0 Å². The van der Waals surface area contributed by atoms with Gasteiger partial charge < -0.3 is 5.32 Å². The van der Waals surface area contributed by atoms with Crippen molar-refractivity contribution in [1.29, 1.82) is 0 Å². The van der Waals surface area contributed by atoms with Gasteiger partial charge in [-0.25, -0.2) is 8.42 Å². The SMILES string of the molecule is CC(C)NC(=O)c1ccccc1N(C)S(=O)(=O)c1ccccc1. The summed E-state index contributed by atoms with van der Waals surface area (Å²) in [5, 5.41) is 2.79. The number of benzene rings is 2. The molecule has 0 aliphatic carbocycles. The van der Waals surface area contributed by atoms with Crippen LogP contribution in [-0.2, 0) is 10.0 Å². The second kappa shape index (κ2) is 6.83. The molecule has 0 unspecified atom stereocenters. The van der Waals surface area contributed by atoms with Gasteiger partial charge in [0, 0.05) is 13.1 Å². The van der Waals surface area contributed by atoms with Crippen molar-refractivity contribution in [3.05, 3.63) is 60.2 Å². The summed E-state index contributed by atoms with van der Waals surface area (Å²) in [5.41, 5.74) is 0.665. The molecule has 0 aliphatic heterocycles. The van der Waals surface area contributed by atoms with Crippen molar-refractivity contribution < 1.29 is 13.2 Å². The molecular weight excluding hydrogens is 312 g/mol. The Hall–Kier alpha value is -2.34. The fourth-order valence-electron chi connectivity index (χ4n) is 2.16. The van der Waals surface area contributed by atoms with Gasteiger partial charge in [-0.05, 0) is 38.1 Å². The van der Waals surface area contributed by atoms with E-state index < -0.39 is 10.0 Å². The Balaban J connectivity index is 2.44. The number of para-hydroxylation sites is 1. The Kier molecular flexibility index (Phi) is 5.05. The zero-order valence-electron chi connectivity index (χ0n) is 13.4. The predicted octanol–water partition coefficient (Wildman–Crippen LogP) is 2.65. The average molecular weight is 332 g/mol.